The van der Waals surface area contributed by atoms with Crippen LogP contribution in [0.25, 0.3) is 38.5 Å². The molecule has 1 fully saturated rings. The Balaban J connectivity index is 1.16. The number of dihydropyridines is 1. The minimum Gasteiger partial charge on any atom is -0.284 e. The third kappa shape index (κ3) is 4.69. The second kappa shape index (κ2) is 10.8. The normalized spacial score (nSPS) is 25.0. The van der Waals surface area contributed by atoms with Crippen molar-refractivity contribution in [1.82, 2.24) is 4.98 Å². The molecule has 0 saturated heterocycles. The Morgan fingerprint density at radius 2 is 1.55 bits per heavy atom. The van der Waals surface area contributed by atoms with Crippen molar-refractivity contribution in [3.8, 4) is 11.3 Å². The van der Waals surface area contributed by atoms with Gasteiger partial charge in [-0.05, 0) is 108 Å². The molecule has 2 atom stereocenters. The average Bonchev–Trinajstić information content (AvgIpc) is 3.07. The standard InChI is InChI=1S/C40H36N2/c1-2-8-27(9-3-1)33-21-22-36-37(26-38(42-39(36)25-33)34-20-15-28-10-4-5-11-32(28)24-34)30-18-16-29(17-19-30)35-14-6-12-31-13-7-23-41-40(31)35/h2,4-15,20-26,29-31,40H,1,3,16-19H2. The summed E-state index contributed by atoms with van der Waals surface area (Å²) in [5.74, 6) is 1.58. The van der Waals surface area contributed by atoms with Crippen LogP contribution in [0.3, 0.4) is 0 Å². The Bertz CT molecular complexity index is 1860. The first-order chi connectivity index (χ1) is 20.8. The van der Waals surface area contributed by atoms with Crippen LogP contribution in [0, 0.1) is 11.8 Å². The van der Waals surface area contributed by atoms with Crippen molar-refractivity contribution < 1.29 is 0 Å². The maximum absolute atomic E-state index is 5.31. The second-order valence-corrected chi connectivity index (χ2v) is 12.3. The SMILES string of the molecule is C1=CC2C=CC=C(C3CCC(c4cc(-c5ccc6ccccc6c5)nc5cc(C6=CCCC=C6)ccc45)CC3)C2N=C1. The van der Waals surface area contributed by atoms with E-state index in [0.717, 1.165) is 24.1 Å². The van der Waals surface area contributed by atoms with Crippen LogP contribution in [0.4, 0.5) is 0 Å². The summed E-state index contributed by atoms with van der Waals surface area (Å²) in [6.45, 7) is 0. The van der Waals surface area contributed by atoms with Crippen molar-refractivity contribution in [3.63, 3.8) is 0 Å². The Kier molecular flexibility index (Phi) is 6.56. The molecule has 3 aliphatic carbocycles. The molecule has 4 aliphatic rings. The van der Waals surface area contributed by atoms with E-state index in [1.807, 2.05) is 6.21 Å². The van der Waals surface area contributed by atoms with Crippen LogP contribution in [0.15, 0.2) is 126 Å². The van der Waals surface area contributed by atoms with Crippen LogP contribution in [-0.2, 0) is 0 Å². The van der Waals surface area contributed by atoms with E-state index in [0.29, 0.717) is 23.8 Å². The highest BCUT2D eigenvalue weighted by molar-refractivity contribution is 5.92. The van der Waals surface area contributed by atoms with Crippen molar-refractivity contribution in [2.45, 2.75) is 50.5 Å². The van der Waals surface area contributed by atoms with Gasteiger partial charge in [0, 0.05) is 23.1 Å². The molecule has 0 bridgehead atoms. The number of rotatable bonds is 4. The van der Waals surface area contributed by atoms with Crippen LogP contribution < -0.4 is 0 Å². The van der Waals surface area contributed by atoms with Crippen LogP contribution >= 0.6 is 0 Å². The van der Waals surface area contributed by atoms with Gasteiger partial charge in [0.2, 0.25) is 0 Å². The third-order valence-electron chi connectivity index (χ3n) is 9.85. The molecule has 0 radical (unpaired) electrons. The summed E-state index contributed by atoms with van der Waals surface area (Å²) in [6, 6.07) is 25.1. The summed E-state index contributed by atoms with van der Waals surface area (Å²) >= 11 is 0. The zero-order valence-corrected chi connectivity index (χ0v) is 24.0. The molecule has 42 heavy (non-hydrogen) atoms. The Morgan fingerprint density at radius 3 is 2.43 bits per heavy atom. The van der Waals surface area contributed by atoms with E-state index in [9.17, 15) is 0 Å². The topological polar surface area (TPSA) is 25.2 Å². The maximum atomic E-state index is 5.31. The minimum absolute atomic E-state index is 0.296. The summed E-state index contributed by atoms with van der Waals surface area (Å²) < 4.78 is 0. The van der Waals surface area contributed by atoms with E-state index >= 15 is 0 Å². The van der Waals surface area contributed by atoms with Gasteiger partial charge in [-0.1, -0.05) is 91.1 Å². The number of pyridine rings is 1. The molecule has 2 heteroatoms. The van der Waals surface area contributed by atoms with E-state index in [1.165, 1.54) is 69.7 Å². The number of hydrogen-bond acceptors (Lipinski definition) is 2. The Hall–Kier alpha value is -4.30. The van der Waals surface area contributed by atoms with Crippen LogP contribution in [0.5, 0.6) is 0 Å². The zero-order chi connectivity index (χ0) is 27.9. The van der Waals surface area contributed by atoms with Gasteiger partial charge in [-0.25, -0.2) is 4.98 Å². The smallest absolute Gasteiger partial charge is 0.0812 e. The van der Waals surface area contributed by atoms with Gasteiger partial charge < -0.3 is 0 Å². The van der Waals surface area contributed by atoms with E-state index in [-0.39, 0.29) is 0 Å². The highest BCUT2D eigenvalue weighted by Crippen LogP contribution is 2.45. The third-order valence-corrected chi connectivity index (χ3v) is 9.85. The number of aromatic nitrogens is 1. The highest BCUT2D eigenvalue weighted by Gasteiger charge is 2.33. The lowest BCUT2D eigenvalue weighted by atomic mass is 9.71. The number of hydrogen-bond donors (Lipinski definition) is 0. The van der Waals surface area contributed by atoms with Gasteiger partial charge in [0.25, 0.3) is 0 Å². The number of nitrogens with zero attached hydrogens (tertiary/aromatic N) is 2. The fourth-order valence-electron chi connectivity index (χ4n) is 7.61. The van der Waals surface area contributed by atoms with Crippen molar-refractivity contribution in [3.05, 3.63) is 132 Å². The van der Waals surface area contributed by atoms with Crippen molar-refractivity contribution >= 4 is 33.5 Å². The molecule has 1 aromatic heterocycles. The Labute approximate surface area is 248 Å². The van der Waals surface area contributed by atoms with Gasteiger partial charge in [-0.3, -0.25) is 4.99 Å². The van der Waals surface area contributed by atoms with Gasteiger partial charge in [0.1, 0.15) is 0 Å². The molecular weight excluding hydrogens is 508 g/mol. The zero-order valence-electron chi connectivity index (χ0n) is 24.0. The van der Waals surface area contributed by atoms with Crippen molar-refractivity contribution in [2.75, 3.05) is 0 Å². The molecular formula is C40H36N2. The first kappa shape index (κ1) is 25.4. The molecule has 1 aliphatic heterocycles. The quantitative estimate of drug-likeness (QED) is 0.251. The molecule has 2 heterocycles. The molecule has 4 aromatic rings. The summed E-state index contributed by atoms with van der Waals surface area (Å²) in [5.41, 5.74) is 8.98. The largest absolute Gasteiger partial charge is 0.284 e. The lowest BCUT2D eigenvalue weighted by Crippen LogP contribution is -2.28. The number of allylic oxidation sites excluding steroid dienone is 7. The maximum Gasteiger partial charge on any atom is 0.0812 e. The van der Waals surface area contributed by atoms with Crippen LogP contribution in [0.1, 0.15) is 55.6 Å². The summed E-state index contributed by atoms with van der Waals surface area (Å²) in [5, 5.41) is 3.85. The van der Waals surface area contributed by atoms with Gasteiger partial charge in [0.15, 0.2) is 0 Å². The van der Waals surface area contributed by atoms with E-state index in [4.69, 9.17) is 9.98 Å². The summed E-state index contributed by atoms with van der Waals surface area (Å²) in [6.07, 6.45) is 27.3. The minimum atomic E-state index is 0.296. The first-order valence-electron chi connectivity index (χ1n) is 15.7. The number of aliphatic imine (C=N–C) groups is 1. The van der Waals surface area contributed by atoms with Crippen LogP contribution in [0.2, 0.25) is 0 Å². The molecule has 8 rings (SSSR count). The monoisotopic (exact) mass is 544 g/mol. The molecule has 0 amide bonds. The fraction of sp³-hybridized carbons (Fsp3) is 0.250. The molecule has 0 N–H and O–H groups in total. The lowest BCUT2D eigenvalue weighted by molar-refractivity contribution is 0.346. The van der Waals surface area contributed by atoms with Crippen molar-refractivity contribution in [1.29, 1.82) is 0 Å². The fourth-order valence-corrected chi connectivity index (χ4v) is 7.61. The van der Waals surface area contributed by atoms with Gasteiger partial charge in [-0.2, -0.15) is 0 Å². The molecule has 3 aromatic carbocycles. The summed E-state index contributed by atoms with van der Waals surface area (Å²) in [7, 11) is 0. The molecule has 206 valence electrons. The predicted molar refractivity (Wildman–Crippen MR) is 178 cm³/mol. The second-order valence-electron chi connectivity index (χ2n) is 12.3. The van der Waals surface area contributed by atoms with Crippen LogP contribution in [-0.4, -0.2) is 17.2 Å². The van der Waals surface area contributed by atoms with Gasteiger partial charge in [0.05, 0.1) is 17.3 Å². The highest BCUT2D eigenvalue weighted by atomic mass is 14.8. The molecule has 2 unspecified atom stereocenters. The van der Waals surface area contributed by atoms with Crippen molar-refractivity contribution in [2.24, 2.45) is 16.8 Å². The first-order valence-corrected chi connectivity index (χ1v) is 15.7. The summed E-state index contributed by atoms with van der Waals surface area (Å²) in [4.78, 5) is 10.2. The lowest BCUT2D eigenvalue weighted by Gasteiger charge is -2.36. The molecule has 0 spiro atoms. The van der Waals surface area contributed by atoms with Gasteiger partial charge in [-0.15, -0.1) is 0 Å². The van der Waals surface area contributed by atoms with E-state index < -0.39 is 0 Å². The molecule has 2 nitrogen and oxygen atoms in total. The van der Waals surface area contributed by atoms with E-state index in [2.05, 4.69) is 115 Å². The number of benzene rings is 3. The van der Waals surface area contributed by atoms with Gasteiger partial charge >= 0.3 is 0 Å². The Morgan fingerprint density at radius 1 is 0.714 bits per heavy atom. The molecule has 1 saturated carbocycles. The predicted octanol–water partition coefficient (Wildman–Crippen LogP) is 10.2. The number of fused-ring (bicyclic) bond motifs is 3. The van der Waals surface area contributed by atoms with E-state index in [1.54, 1.807) is 0 Å². The average molecular weight is 545 g/mol.